The number of amides is 1. The Morgan fingerprint density at radius 2 is 2.29 bits per heavy atom. The average Bonchev–Trinajstić information content (AvgIpc) is 2.85. The first-order valence-corrected chi connectivity index (χ1v) is 7.64. The van der Waals surface area contributed by atoms with E-state index in [2.05, 4.69) is 15.9 Å². The molecule has 0 radical (unpaired) electrons. The number of carbonyl (C=O) groups is 2. The van der Waals surface area contributed by atoms with Gasteiger partial charge in [0.25, 0.3) is 5.91 Å². The average molecular weight is 336 g/mol. The van der Waals surface area contributed by atoms with E-state index in [9.17, 15) is 9.59 Å². The molecule has 1 saturated heterocycles. The standard InChI is InChI=1S/C10H10BrNO3S2/c1-5-2-7(17-8(5)11)9(13)12-4-16-3-6(12)10(14)15/h2,6H,3-4H2,1H3,(H,14,15)/t6-/m0/s1. The molecule has 92 valence electrons. The summed E-state index contributed by atoms with van der Waals surface area (Å²) in [6.45, 7) is 1.91. The quantitative estimate of drug-likeness (QED) is 0.901. The summed E-state index contributed by atoms with van der Waals surface area (Å²) in [6, 6.07) is 1.09. The third kappa shape index (κ3) is 2.51. The minimum atomic E-state index is -0.935. The third-order valence-electron chi connectivity index (χ3n) is 2.50. The Labute approximate surface area is 115 Å². The number of thiophene rings is 1. The lowest BCUT2D eigenvalue weighted by atomic mass is 10.2. The first-order valence-electron chi connectivity index (χ1n) is 4.88. The van der Waals surface area contributed by atoms with Crippen LogP contribution < -0.4 is 0 Å². The second-order valence-corrected chi connectivity index (χ2v) is 7.07. The first-order chi connectivity index (χ1) is 8.00. The summed E-state index contributed by atoms with van der Waals surface area (Å²) in [5.41, 5.74) is 0.997. The zero-order valence-electron chi connectivity index (χ0n) is 8.97. The van der Waals surface area contributed by atoms with Gasteiger partial charge in [-0.2, -0.15) is 0 Å². The number of thioether (sulfide) groups is 1. The maximum atomic E-state index is 12.2. The maximum Gasteiger partial charge on any atom is 0.327 e. The normalized spacial score (nSPS) is 19.6. The van der Waals surface area contributed by atoms with Gasteiger partial charge in [-0.05, 0) is 34.5 Å². The summed E-state index contributed by atoms with van der Waals surface area (Å²) in [7, 11) is 0. The summed E-state index contributed by atoms with van der Waals surface area (Å²) < 4.78 is 0.916. The van der Waals surface area contributed by atoms with Gasteiger partial charge in [0.1, 0.15) is 6.04 Å². The molecular weight excluding hydrogens is 326 g/mol. The molecule has 0 bridgehead atoms. The second-order valence-electron chi connectivity index (χ2n) is 3.70. The fraction of sp³-hybridized carbons (Fsp3) is 0.400. The molecule has 2 rings (SSSR count). The number of aliphatic carboxylic acids is 1. The molecule has 0 aromatic carbocycles. The van der Waals surface area contributed by atoms with Crippen molar-refractivity contribution < 1.29 is 14.7 Å². The zero-order chi connectivity index (χ0) is 12.6. The molecule has 4 nitrogen and oxygen atoms in total. The monoisotopic (exact) mass is 335 g/mol. The molecule has 1 aromatic rings. The van der Waals surface area contributed by atoms with Gasteiger partial charge in [-0.25, -0.2) is 4.79 Å². The molecule has 1 fully saturated rings. The van der Waals surface area contributed by atoms with Gasteiger partial charge in [0.2, 0.25) is 0 Å². The SMILES string of the molecule is Cc1cc(C(=O)N2CSC[C@H]2C(=O)O)sc1Br. The predicted octanol–water partition coefficient (Wildman–Crippen LogP) is 2.42. The highest BCUT2D eigenvalue weighted by Crippen LogP contribution is 2.30. The van der Waals surface area contributed by atoms with Gasteiger partial charge in [-0.1, -0.05) is 0 Å². The van der Waals surface area contributed by atoms with Gasteiger partial charge in [-0.3, -0.25) is 4.79 Å². The van der Waals surface area contributed by atoms with Crippen LogP contribution in [0.3, 0.4) is 0 Å². The van der Waals surface area contributed by atoms with Crippen molar-refractivity contribution in [2.75, 3.05) is 11.6 Å². The Bertz CT molecular complexity index is 455. The summed E-state index contributed by atoms with van der Waals surface area (Å²) >= 11 is 6.18. The number of carboxylic acids is 1. The van der Waals surface area contributed by atoms with Gasteiger partial charge in [-0.15, -0.1) is 23.1 Å². The van der Waals surface area contributed by atoms with E-state index in [4.69, 9.17) is 5.11 Å². The predicted molar refractivity (Wildman–Crippen MR) is 71.7 cm³/mol. The van der Waals surface area contributed by atoms with Crippen LogP contribution in [-0.4, -0.2) is 39.6 Å². The van der Waals surface area contributed by atoms with E-state index in [0.29, 0.717) is 16.5 Å². The summed E-state index contributed by atoms with van der Waals surface area (Å²) in [5.74, 6) is -0.214. The van der Waals surface area contributed by atoms with Gasteiger partial charge in [0, 0.05) is 5.75 Å². The summed E-state index contributed by atoms with van der Waals surface area (Å²) in [5, 5.41) is 9.03. The highest BCUT2D eigenvalue weighted by molar-refractivity contribution is 9.11. The van der Waals surface area contributed by atoms with E-state index in [1.54, 1.807) is 6.07 Å². The minimum absolute atomic E-state index is 0.193. The van der Waals surface area contributed by atoms with Crippen LogP contribution in [0.4, 0.5) is 0 Å². The van der Waals surface area contributed by atoms with Crippen molar-refractivity contribution in [3.8, 4) is 0 Å². The molecule has 17 heavy (non-hydrogen) atoms. The Hall–Kier alpha value is -0.530. The Morgan fingerprint density at radius 3 is 2.82 bits per heavy atom. The van der Waals surface area contributed by atoms with Gasteiger partial charge in [0.15, 0.2) is 0 Å². The molecule has 1 aliphatic rings. The summed E-state index contributed by atoms with van der Waals surface area (Å²) in [4.78, 5) is 25.2. The van der Waals surface area contributed by atoms with Crippen LogP contribution >= 0.6 is 39.0 Å². The lowest BCUT2D eigenvalue weighted by Crippen LogP contribution is -2.41. The first kappa shape index (κ1) is 12.9. The van der Waals surface area contributed by atoms with Gasteiger partial charge in [0.05, 0.1) is 14.5 Å². The highest BCUT2D eigenvalue weighted by Gasteiger charge is 2.35. The van der Waals surface area contributed by atoms with E-state index in [-0.39, 0.29) is 5.91 Å². The van der Waals surface area contributed by atoms with Crippen LogP contribution in [0, 0.1) is 6.92 Å². The molecule has 1 atom stereocenters. The Kier molecular flexibility index (Phi) is 3.79. The van der Waals surface area contributed by atoms with Crippen molar-refractivity contribution in [3.05, 3.63) is 20.3 Å². The van der Waals surface area contributed by atoms with E-state index in [1.807, 2.05) is 6.92 Å². The molecule has 2 heterocycles. The number of halogens is 1. The molecular formula is C10H10BrNO3S2. The van der Waals surface area contributed by atoms with E-state index in [0.717, 1.165) is 9.35 Å². The van der Waals surface area contributed by atoms with Crippen molar-refractivity contribution in [2.24, 2.45) is 0 Å². The highest BCUT2D eigenvalue weighted by atomic mass is 79.9. The number of hydrogen-bond donors (Lipinski definition) is 1. The van der Waals surface area contributed by atoms with Gasteiger partial charge < -0.3 is 10.0 Å². The lowest BCUT2D eigenvalue weighted by Gasteiger charge is -2.19. The third-order valence-corrected chi connectivity index (χ3v) is 5.63. The number of carbonyl (C=O) groups excluding carboxylic acids is 1. The molecule has 0 unspecified atom stereocenters. The fourth-order valence-corrected chi connectivity index (χ4v) is 4.19. The molecule has 0 spiro atoms. The van der Waals surface area contributed by atoms with Crippen LogP contribution in [-0.2, 0) is 4.79 Å². The van der Waals surface area contributed by atoms with Crippen molar-refractivity contribution in [3.63, 3.8) is 0 Å². The molecule has 1 aliphatic heterocycles. The Balaban J connectivity index is 2.22. The van der Waals surface area contributed by atoms with Crippen molar-refractivity contribution in [1.29, 1.82) is 0 Å². The van der Waals surface area contributed by atoms with Crippen LogP contribution in [0.2, 0.25) is 0 Å². The van der Waals surface area contributed by atoms with E-state index < -0.39 is 12.0 Å². The molecule has 1 aromatic heterocycles. The fourth-order valence-electron chi connectivity index (χ4n) is 1.55. The van der Waals surface area contributed by atoms with Crippen LogP contribution in [0.15, 0.2) is 9.85 Å². The second kappa shape index (κ2) is 4.99. The van der Waals surface area contributed by atoms with E-state index >= 15 is 0 Å². The largest absolute Gasteiger partial charge is 0.480 e. The van der Waals surface area contributed by atoms with Gasteiger partial charge >= 0.3 is 5.97 Å². The molecule has 7 heteroatoms. The number of rotatable bonds is 2. The number of nitrogens with zero attached hydrogens (tertiary/aromatic N) is 1. The van der Waals surface area contributed by atoms with Crippen LogP contribution in [0.25, 0.3) is 0 Å². The minimum Gasteiger partial charge on any atom is -0.480 e. The summed E-state index contributed by atoms with van der Waals surface area (Å²) in [6.07, 6.45) is 0. The topological polar surface area (TPSA) is 57.6 Å². The van der Waals surface area contributed by atoms with Crippen molar-refractivity contribution >= 4 is 50.9 Å². The number of hydrogen-bond acceptors (Lipinski definition) is 4. The van der Waals surface area contributed by atoms with Crippen LogP contribution in [0.5, 0.6) is 0 Å². The molecule has 0 saturated carbocycles. The van der Waals surface area contributed by atoms with Crippen LogP contribution in [0.1, 0.15) is 15.2 Å². The molecule has 1 amide bonds. The lowest BCUT2D eigenvalue weighted by molar-refractivity contribution is -0.140. The maximum absolute atomic E-state index is 12.2. The Morgan fingerprint density at radius 1 is 1.59 bits per heavy atom. The zero-order valence-corrected chi connectivity index (χ0v) is 12.2. The molecule has 1 N–H and O–H groups in total. The molecule has 0 aliphatic carbocycles. The van der Waals surface area contributed by atoms with Crippen molar-refractivity contribution in [1.82, 2.24) is 4.90 Å². The smallest absolute Gasteiger partial charge is 0.327 e. The van der Waals surface area contributed by atoms with Crippen molar-refractivity contribution in [2.45, 2.75) is 13.0 Å². The number of aryl methyl sites for hydroxylation is 1. The number of carboxylic acid groups (broad SMARTS) is 1. The van der Waals surface area contributed by atoms with E-state index in [1.165, 1.54) is 28.0 Å².